The van der Waals surface area contributed by atoms with Crippen molar-refractivity contribution in [1.82, 2.24) is 4.98 Å². The second-order valence-corrected chi connectivity index (χ2v) is 9.01. The van der Waals surface area contributed by atoms with Gasteiger partial charge in [-0.15, -0.1) is 11.3 Å². The summed E-state index contributed by atoms with van der Waals surface area (Å²) in [5.41, 5.74) is 1.72. The van der Waals surface area contributed by atoms with E-state index >= 15 is 0 Å². The van der Waals surface area contributed by atoms with E-state index < -0.39 is 0 Å². The largest absolute Gasteiger partial charge is 0.329 e. The zero-order valence-electron chi connectivity index (χ0n) is 15.3. The second kappa shape index (κ2) is 8.26. The van der Waals surface area contributed by atoms with Gasteiger partial charge < -0.3 is 4.90 Å². The van der Waals surface area contributed by atoms with Crippen LogP contribution in [0.15, 0.2) is 23.6 Å². The van der Waals surface area contributed by atoms with Gasteiger partial charge in [0, 0.05) is 24.1 Å². The Bertz CT molecular complexity index is 785. The monoisotopic (exact) mass is 412 g/mol. The molecule has 1 aromatic carbocycles. The number of thiazole rings is 1. The summed E-state index contributed by atoms with van der Waals surface area (Å²) in [6, 6.07) is 5.19. The van der Waals surface area contributed by atoms with Crippen molar-refractivity contribution in [2.24, 2.45) is 11.8 Å². The Labute approximate surface area is 168 Å². The predicted octanol–water partition coefficient (Wildman–Crippen LogP) is 4.20. The van der Waals surface area contributed by atoms with Crippen molar-refractivity contribution in [3.05, 3.63) is 39.3 Å². The smallest absolute Gasteiger partial charge is 0.230 e. The molecule has 2 heterocycles. The van der Waals surface area contributed by atoms with Crippen LogP contribution in [0.4, 0.5) is 10.8 Å². The Hall–Kier alpha value is -1.14. The summed E-state index contributed by atoms with van der Waals surface area (Å²) in [4.78, 5) is 20.1. The van der Waals surface area contributed by atoms with Crippen LogP contribution in [0, 0.1) is 11.8 Å². The molecule has 140 valence electrons. The van der Waals surface area contributed by atoms with Gasteiger partial charge in [0.25, 0.3) is 0 Å². The standard InChI is InChI=1S/C19H23Cl2N3OS/c1-12-6-13(2)9-23(8-12)10-15-11-26-19(22-15)24(14(3)25)16-4-5-17(20)18(21)7-16/h4-5,7,11-13H,6,8-10H2,1-3H3/p+1/t12-,13-/m1/s1. The van der Waals surface area contributed by atoms with Crippen LogP contribution in [0.1, 0.15) is 32.9 Å². The number of piperidine rings is 1. The van der Waals surface area contributed by atoms with E-state index in [-0.39, 0.29) is 5.91 Å². The first kappa shape index (κ1) is 19.6. The maximum Gasteiger partial charge on any atom is 0.230 e. The Balaban J connectivity index is 1.79. The topological polar surface area (TPSA) is 37.6 Å². The van der Waals surface area contributed by atoms with Crippen LogP contribution >= 0.6 is 34.5 Å². The van der Waals surface area contributed by atoms with Gasteiger partial charge in [-0.05, 0) is 24.6 Å². The zero-order chi connectivity index (χ0) is 18.8. The number of carbonyl (C=O) groups is 1. The maximum atomic E-state index is 12.2. The lowest BCUT2D eigenvalue weighted by molar-refractivity contribution is -0.925. The number of nitrogens with zero attached hydrogens (tertiary/aromatic N) is 2. The van der Waals surface area contributed by atoms with Crippen molar-refractivity contribution in [1.29, 1.82) is 0 Å². The first-order valence-electron chi connectivity index (χ1n) is 8.87. The molecule has 26 heavy (non-hydrogen) atoms. The minimum Gasteiger partial charge on any atom is -0.329 e. The normalized spacial score (nSPS) is 23.0. The van der Waals surface area contributed by atoms with E-state index in [0.717, 1.165) is 24.1 Å². The van der Waals surface area contributed by atoms with Crippen LogP contribution in [0.5, 0.6) is 0 Å². The van der Waals surface area contributed by atoms with Crippen molar-refractivity contribution in [3.8, 4) is 0 Å². The van der Waals surface area contributed by atoms with Gasteiger partial charge in [-0.2, -0.15) is 0 Å². The third-order valence-electron chi connectivity index (χ3n) is 4.72. The minimum absolute atomic E-state index is 0.100. The number of anilines is 2. The lowest BCUT2D eigenvalue weighted by Gasteiger charge is -2.31. The third-order valence-corrected chi connectivity index (χ3v) is 6.33. The fraction of sp³-hybridized carbons (Fsp3) is 0.474. The Morgan fingerprint density at radius 1 is 1.27 bits per heavy atom. The fourth-order valence-corrected chi connectivity index (χ4v) is 5.03. The lowest BCUT2D eigenvalue weighted by Crippen LogP contribution is -3.13. The van der Waals surface area contributed by atoms with Gasteiger partial charge in [-0.1, -0.05) is 37.0 Å². The molecule has 1 N–H and O–H groups in total. The van der Waals surface area contributed by atoms with Crippen molar-refractivity contribution in [2.45, 2.75) is 33.7 Å². The molecule has 1 aliphatic heterocycles. The first-order chi connectivity index (χ1) is 12.3. The van der Waals surface area contributed by atoms with Crippen LogP contribution in [0.3, 0.4) is 0 Å². The van der Waals surface area contributed by atoms with Crippen LogP contribution in [0.2, 0.25) is 10.0 Å². The average molecular weight is 413 g/mol. The summed E-state index contributed by atoms with van der Waals surface area (Å²) in [7, 11) is 0. The lowest BCUT2D eigenvalue weighted by atomic mass is 9.92. The number of likely N-dealkylation sites (tertiary alicyclic amines) is 1. The fourth-order valence-electron chi connectivity index (χ4n) is 3.85. The second-order valence-electron chi connectivity index (χ2n) is 7.36. The highest BCUT2D eigenvalue weighted by molar-refractivity contribution is 7.14. The first-order valence-corrected chi connectivity index (χ1v) is 10.5. The summed E-state index contributed by atoms with van der Waals surface area (Å²) >= 11 is 13.6. The van der Waals surface area contributed by atoms with E-state index in [1.54, 1.807) is 28.0 Å². The van der Waals surface area contributed by atoms with Gasteiger partial charge in [0.2, 0.25) is 5.91 Å². The highest BCUT2D eigenvalue weighted by Gasteiger charge is 2.26. The molecule has 1 aliphatic rings. The molecule has 0 saturated carbocycles. The summed E-state index contributed by atoms with van der Waals surface area (Å²) in [5, 5.41) is 3.62. The molecule has 1 aromatic heterocycles. The van der Waals surface area contributed by atoms with Gasteiger partial charge in [-0.25, -0.2) is 4.98 Å². The number of quaternary nitrogens is 1. The Morgan fingerprint density at radius 3 is 2.58 bits per heavy atom. The van der Waals surface area contributed by atoms with Crippen LogP contribution < -0.4 is 9.80 Å². The number of hydrogen-bond acceptors (Lipinski definition) is 3. The highest BCUT2D eigenvalue weighted by atomic mass is 35.5. The number of benzene rings is 1. The molecule has 1 saturated heterocycles. The molecule has 0 aliphatic carbocycles. The molecular formula is C19H24Cl2N3OS+. The quantitative estimate of drug-likeness (QED) is 0.816. The predicted molar refractivity (Wildman–Crippen MR) is 109 cm³/mol. The molecule has 0 unspecified atom stereocenters. The average Bonchev–Trinajstić information content (AvgIpc) is 2.97. The number of aromatic nitrogens is 1. The molecule has 1 amide bonds. The van der Waals surface area contributed by atoms with Crippen molar-refractivity contribution >= 4 is 51.3 Å². The van der Waals surface area contributed by atoms with Crippen LogP contribution in [0.25, 0.3) is 0 Å². The van der Waals surface area contributed by atoms with E-state index in [9.17, 15) is 4.79 Å². The van der Waals surface area contributed by atoms with Gasteiger partial charge in [-0.3, -0.25) is 9.69 Å². The summed E-state index contributed by atoms with van der Waals surface area (Å²) in [6.07, 6.45) is 1.31. The molecule has 0 radical (unpaired) electrons. The molecule has 2 aromatic rings. The van der Waals surface area contributed by atoms with Crippen molar-refractivity contribution in [3.63, 3.8) is 0 Å². The maximum absolute atomic E-state index is 12.2. The van der Waals surface area contributed by atoms with Gasteiger partial charge in [0.05, 0.1) is 28.8 Å². The SMILES string of the molecule is CC(=O)N(c1ccc(Cl)c(Cl)c1)c1nc(C[NH+]2C[C@H](C)C[C@@H](C)C2)cs1. The number of carbonyl (C=O) groups excluding carboxylic acids is 1. The number of rotatable bonds is 4. The summed E-state index contributed by atoms with van der Waals surface area (Å²) < 4.78 is 0. The number of amides is 1. The van der Waals surface area contributed by atoms with Crippen molar-refractivity contribution < 1.29 is 9.69 Å². The van der Waals surface area contributed by atoms with E-state index in [2.05, 4.69) is 19.2 Å². The van der Waals surface area contributed by atoms with Gasteiger partial charge in [0.1, 0.15) is 12.2 Å². The number of nitrogens with one attached hydrogen (secondary N) is 1. The summed E-state index contributed by atoms with van der Waals surface area (Å²) in [5.74, 6) is 1.39. The van der Waals surface area contributed by atoms with Crippen LogP contribution in [-0.4, -0.2) is 24.0 Å². The Kier molecular flexibility index (Phi) is 6.23. The third kappa shape index (κ3) is 4.58. The van der Waals surface area contributed by atoms with E-state index in [4.69, 9.17) is 28.2 Å². The summed E-state index contributed by atoms with van der Waals surface area (Å²) in [6.45, 7) is 9.44. The van der Waals surface area contributed by atoms with Crippen LogP contribution in [-0.2, 0) is 11.3 Å². The van der Waals surface area contributed by atoms with Crippen molar-refractivity contribution in [2.75, 3.05) is 18.0 Å². The zero-order valence-corrected chi connectivity index (χ0v) is 17.6. The number of hydrogen-bond donors (Lipinski definition) is 1. The van der Waals surface area contributed by atoms with E-state index in [1.807, 2.05) is 0 Å². The molecular weight excluding hydrogens is 389 g/mol. The molecule has 0 bridgehead atoms. The Morgan fingerprint density at radius 2 is 1.96 bits per heavy atom. The molecule has 3 rings (SSSR count). The van der Waals surface area contributed by atoms with Gasteiger partial charge >= 0.3 is 0 Å². The molecule has 2 atom stereocenters. The molecule has 4 nitrogen and oxygen atoms in total. The highest BCUT2D eigenvalue weighted by Crippen LogP contribution is 2.33. The van der Waals surface area contributed by atoms with E-state index in [1.165, 1.54) is 37.8 Å². The minimum atomic E-state index is -0.100. The number of halogens is 2. The van der Waals surface area contributed by atoms with Gasteiger partial charge in [0.15, 0.2) is 5.13 Å². The molecule has 0 spiro atoms. The molecule has 7 heteroatoms. The van der Waals surface area contributed by atoms with E-state index in [0.29, 0.717) is 20.9 Å². The molecule has 1 fully saturated rings.